The topological polar surface area (TPSA) is 77.2 Å². The van der Waals surface area contributed by atoms with E-state index in [4.69, 9.17) is 4.74 Å². The number of carbonyl (C=O) groups is 1. The van der Waals surface area contributed by atoms with Gasteiger partial charge in [-0.15, -0.1) is 10.2 Å². The van der Waals surface area contributed by atoms with Gasteiger partial charge in [0, 0.05) is 12.5 Å². The summed E-state index contributed by atoms with van der Waals surface area (Å²) in [7, 11) is 0. The minimum atomic E-state index is -0.785. The Morgan fingerprint density at radius 2 is 2.44 bits per heavy atom. The molecule has 1 saturated heterocycles. The summed E-state index contributed by atoms with van der Waals surface area (Å²) in [5.74, 6) is 0.171. The van der Waals surface area contributed by atoms with Crippen LogP contribution in [0.3, 0.4) is 0 Å². The molecule has 0 radical (unpaired) electrons. The van der Waals surface area contributed by atoms with Crippen LogP contribution >= 0.6 is 0 Å². The van der Waals surface area contributed by atoms with E-state index in [2.05, 4.69) is 10.2 Å². The summed E-state index contributed by atoms with van der Waals surface area (Å²) in [6.07, 6.45) is 3.77. The molecule has 1 unspecified atom stereocenters. The summed E-state index contributed by atoms with van der Waals surface area (Å²) in [6.45, 7) is 1.34. The second-order valence-electron chi connectivity index (χ2n) is 4.46. The van der Waals surface area contributed by atoms with Gasteiger partial charge in [0.1, 0.15) is 17.7 Å². The monoisotopic (exact) mass is 223 g/mol. The molecule has 6 heteroatoms. The average molecular weight is 223 g/mol. The molecule has 1 aromatic rings. The molecule has 1 aromatic heterocycles. The Kier molecular flexibility index (Phi) is 2.00. The van der Waals surface area contributed by atoms with Gasteiger partial charge in [-0.2, -0.15) is 0 Å². The zero-order valence-electron chi connectivity index (χ0n) is 8.80. The van der Waals surface area contributed by atoms with E-state index in [1.807, 2.05) is 0 Å². The molecule has 2 heterocycles. The number of carboxylic acids is 1. The van der Waals surface area contributed by atoms with E-state index in [0.717, 1.165) is 18.9 Å². The number of ether oxygens (including phenoxy) is 1. The van der Waals surface area contributed by atoms with E-state index in [0.29, 0.717) is 19.4 Å². The maximum Gasteiger partial charge on any atom is 0.329 e. The summed E-state index contributed by atoms with van der Waals surface area (Å²) in [4.78, 5) is 11.2. The quantitative estimate of drug-likeness (QED) is 0.800. The Morgan fingerprint density at radius 3 is 3.00 bits per heavy atom. The van der Waals surface area contributed by atoms with E-state index in [1.165, 1.54) is 6.33 Å². The van der Waals surface area contributed by atoms with Crippen molar-refractivity contribution in [1.29, 1.82) is 0 Å². The Balaban J connectivity index is 1.96. The fourth-order valence-corrected chi connectivity index (χ4v) is 2.27. The smallest absolute Gasteiger partial charge is 0.329 e. The third-order valence-corrected chi connectivity index (χ3v) is 3.45. The highest BCUT2D eigenvalue weighted by atomic mass is 16.5. The van der Waals surface area contributed by atoms with Crippen LogP contribution in [0.5, 0.6) is 0 Å². The minimum absolute atomic E-state index is 0.194. The van der Waals surface area contributed by atoms with Crippen molar-refractivity contribution in [3.05, 3.63) is 12.2 Å². The second kappa shape index (κ2) is 3.28. The van der Waals surface area contributed by atoms with Crippen molar-refractivity contribution >= 4 is 5.97 Å². The summed E-state index contributed by atoms with van der Waals surface area (Å²) >= 11 is 0. The number of aliphatic carboxylic acids is 1. The molecule has 2 aliphatic rings. The van der Waals surface area contributed by atoms with Crippen molar-refractivity contribution in [2.75, 3.05) is 13.2 Å². The van der Waals surface area contributed by atoms with Crippen molar-refractivity contribution in [3.8, 4) is 0 Å². The molecule has 6 nitrogen and oxygen atoms in total. The maximum atomic E-state index is 11.2. The highest BCUT2D eigenvalue weighted by Crippen LogP contribution is 2.45. The van der Waals surface area contributed by atoms with Gasteiger partial charge >= 0.3 is 5.97 Å². The van der Waals surface area contributed by atoms with Crippen molar-refractivity contribution in [3.63, 3.8) is 0 Å². The van der Waals surface area contributed by atoms with E-state index in [1.54, 1.807) is 4.57 Å². The Hall–Kier alpha value is -1.43. The summed E-state index contributed by atoms with van der Waals surface area (Å²) in [6, 6.07) is 0. The van der Waals surface area contributed by atoms with Crippen LogP contribution in [0.1, 0.15) is 31.0 Å². The van der Waals surface area contributed by atoms with Crippen LogP contribution in [0.15, 0.2) is 6.33 Å². The number of rotatable bonds is 3. The molecule has 2 fully saturated rings. The first kappa shape index (κ1) is 9.77. The Labute approximate surface area is 92.2 Å². The largest absolute Gasteiger partial charge is 0.479 e. The molecule has 16 heavy (non-hydrogen) atoms. The van der Waals surface area contributed by atoms with Crippen LogP contribution in [0.2, 0.25) is 0 Å². The van der Waals surface area contributed by atoms with Crippen molar-refractivity contribution in [2.45, 2.75) is 30.7 Å². The second-order valence-corrected chi connectivity index (χ2v) is 4.46. The molecule has 1 saturated carbocycles. The molecule has 0 bridgehead atoms. The van der Waals surface area contributed by atoms with Gasteiger partial charge in [-0.05, 0) is 19.3 Å². The first-order chi connectivity index (χ1) is 7.74. The van der Waals surface area contributed by atoms with E-state index < -0.39 is 11.5 Å². The van der Waals surface area contributed by atoms with Gasteiger partial charge in [0.05, 0.1) is 6.61 Å². The predicted molar refractivity (Wildman–Crippen MR) is 53.0 cm³/mol. The van der Waals surface area contributed by atoms with Crippen LogP contribution in [0.4, 0.5) is 0 Å². The third kappa shape index (κ3) is 1.26. The van der Waals surface area contributed by atoms with Gasteiger partial charge in [-0.25, -0.2) is 4.79 Å². The molecular formula is C10H13N3O3. The van der Waals surface area contributed by atoms with Gasteiger partial charge in [-0.1, -0.05) is 0 Å². The van der Waals surface area contributed by atoms with E-state index >= 15 is 0 Å². The molecule has 1 aliphatic heterocycles. The lowest BCUT2D eigenvalue weighted by molar-refractivity contribution is -0.142. The first-order valence-electron chi connectivity index (χ1n) is 5.45. The lowest BCUT2D eigenvalue weighted by Gasteiger charge is -2.16. The summed E-state index contributed by atoms with van der Waals surface area (Å²) in [5.41, 5.74) is -0.776. The molecule has 0 amide bonds. The van der Waals surface area contributed by atoms with Crippen LogP contribution in [-0.4, -0.2) is 39.1 Å². The highest BCUT2D eigenvalue weighted by Gasteiger charge is 2.54. The number of hydrogen-bond acceptors (Lipinski definition) is 4. The SMILES string of the molecule is O=C(O)C1(n2cnnc2C2CCOC2)CC1. The van der Waals surface area contributed by atoms with Crippen LogP contribution in [-0.2, 0) is 15.1 Å². The summed E-state index contributed by atoms with van der Waals surface area (Å²) < 4.78 is 7.03. The van der Waals surface area contributed by atoms with Gasteiger partial charge in [0.15, 0.2) is 0 Å². The number of nitrogens with zero attached hydrogens (tertiary/aromatic N) is 3. The van der Waals surface area contributed by atoms with Crippen LogP contribution < -0.4 is 0 Å². The molecular weight excluding hydrogens is 210 g/mol. The molecule has 0 aromatic carbocycles. The van der Waals surface area contributed by atoms with Crippen molar-refractivity contribution in [2.24, 2.45) is 0 Å². The fourth-order valence-electron chi connectivity index (χ4n) is 2.27. The lowest BCUT2D eigenvalue weighted by Crippen LogP contribution is -2.29. The maximum absolute atomic E-state index is 11.2. The molecule has 1 aliphatic carbocycles. The van der Waals surface area contributed by atoms with Crippen molar-refractivity contribution in [1.82, 2.24) is 14.8 Å². The predicted octanol–water partition coefficient (Wildman–Crippen LogP) is 0.356. The van der Waals surface area contributed by atoms with Gasteiger partial charge in [-0.3, -0.25) is 4.57 Å². The minimum Gasteiger partial charge on any atom is -0.479 e. The molecule has 1 N–H and O–H groups in total. The Morgan fingerprint density at radius 1 is 1.62 bits per heavy atom. The third-order valence-electron chi connectivity index (χ3n) is 3.45. The fraction of sp³-hybridized carbons (Fsp3) is 0.700. The molecule has 3 rings (SSSR count). The molecule has 1 atom stereocenters. The zero-order chi connectivity index (χ0) is 11.2. The van der Waals surface area contributed by atoms with Crippen molar-refractivity contribution < 1.29 is 14.6 Å². The van der Waals surface area contributed by atoms with Gasteiger partial charge in [0.25, 0.3) is 0 Å². The average Bonchev–Trinajstić information content (AvgIpc) is 2.74. The number of hydrogen-bond donors (Lipinski definition) is 1. The number of aromatic nitrogens is 3. The normalized spacial score (nSPS) is 26.9. The number of carboxylic acid groups (broad SMARTS) is 1. The lowest BCUT2D eigenvalue weighted by atomic mass is 10.1. The van der Waals surface area contributed by atoms with Gasteiger partial charge < -0.3 is 9.84 Å². The van der Waals surface area contributed by atoms with E-state index in [-0.39, 0.29) is 5.92 Å². The van der Waals surface area contributed by atoms with Gasteiger partial charge in [0.2, 0.25) is 0 Å². The van der Waals surface area contributed by atoms with E-state index in [9.17, 15) is 9.90 Å². The Bertz CT molecular complexity index is 419. The highest BCUT2D eigenvalue weighted by molar-refractivity contribution is 5.80. The van der Waals surface area contributed by atoms with Crippen LogP contribution in [0.25, 0.3) is 0 Å². The molecule has 86 valence electrons. The van der Waals surface area contributed by atoms with Crippen LogP contribution in [0, 0.1) is 0 Å². The first-order valence-corrected chi connectivity index (χ1v) is 5.45. The zero-order valence-corrected chi connectivity index (χ0v) is 8.80. The standard InChI is InChI=1S/C10H13N3O3/c14-9(15)10(2-3-10)13-6-11-12-8(13)7-1-4-16-5-7/h6-7H,1-5H2,(H,14,15). The molecule has 0 spiro atoms. The summed E-state index contributed by atoms with van der Waals surface area (Å²) in [5, 5.41) is 17.1.